The van der Waals surface area contributed by atoms with E-state index in [4.69, 9.17) is 0 Å². The van der Waals surface area contributed by atoms with Gasteiger partial charge in [-0.25, -0.2) is 14.5 Å². The van der Waals surface area contributed by atoms with E-state index in [0.29, 0.717) is 36.7 Å². The molecule has 1 saturated heterocycles. The number of anilines is 3. The average Bonchev–Trinajstić information content (AvgIpc) is 3.48. The largest absolute Gasteiger partial charge is 0.348 e. The summed E-state index contributed by atoms with van der Waals surface area (Å²) in [6.07, 6.45) is 3.23. The molecule has 0 aliphatic carbocycles. The summed E-state index contributed by atoms with van der Waals surface area (Å²) in [6.45, 7) is 2.31. The van der Waals surface area contributed by atoms with Crippen molar-refractivity contribution in [2.75, 3.05) is 29.9 Å². The second-order valence-corrected chi connectivity index (χ2v) is 7.94. The fourth-order valence-corrected chi connectivity index (χ4v) is 4.23. The Morgan fingerprint density at radius 3 is 2.73 bits per heavy atom. The molecule has 0 bridgehead atoms. The Balaban J connectivity index is 1.29. The summed E-state index contributed by atoms with van der Waals surface area (Å²) in [4.78, 5) is 34.7. The predicted octanol–water partition coefficient (Wildman–Crippen LogP) is 1.71. The number of carbonyl (C=O) groups excluding carboxylic acids is 2. The van der Waals surface area contributed by atoms with Crippen LogP contribution in [-0.4, -0.2) is 51.0 Å². The molecular formula is C23H20N8O2. The van der Waals surface area contributed by atoms with Gasteiger partial charge in [-0.2, -0.15) is 5.10 Å². The summed E-state index contributed by atoms with van der Waals surface area (Å²) in [6, 6.07) is 13.4. The van der Waals surface area contributed by atoms with Crippen molar-refractivity contribution in [2.45, 2.75) is 6.54 Å². The summed E-state index contributed by atoms with van der Waals surface area (Å²) in [7, 11) is 0. The molecule has 0 saturated carbocycles. The molecule has 164 valence electrons. The molecule has 2 aliphatic heterocycles. The normalized spacial score (nSPS) is 15.6. The number of fused-ring (bicyclic) bond motifs is 2. The maximum atomic E-state index is 12.1. The van der Waals surface area contributed by atoms with Gasteiger partial charge in [-0.3, -0.25) is 9.59 Å². The average molecular weight is 440 g/mol. The molecule has 1 fully saturated rings. The monoisotopic (exact) mass is 440 g/mol. The molecule has 0 unspecified atom stereocenters. The zero-order valence-electron chi connectivity index (χ0n) is 17.6. The molecular weight excluding hydrogens is 420 g/mol. The second-order valence-electron chi connectivity index (χ2n) is 7.94. The topological polar surface area (TPSA) is 117 Å². The summed E-state index contributed by atoms with van der Waals surface area (Å²) in [5.74, 6) is 0.587. The predicted molar refractivity (Wildman–Crippen MR) is 122 cm³/mol. The Kier molecular flexibility index (Phi) is 4.51. The number of benzene rings is 2. The molecule has 6 rings (SSSR count). The fourth-order valence-electron chi connectivity index (χ4n) is 4.23. The highest BCUT2D eigenvalue weighted by Crippen LogP contribution is 2.28. The fraction of sp³-hybridized carbons (Fsp3) is 0.174. The Morgan fingerprint density at radius 1 is 1.00 bits per heavy atom. The number of nitrogens with one attached hydrogen (secondary N) is 3. The SMILES string of the molecule is O=C1NCc2cc(-c3cnc(Nc4ccc(N5CCNCC5=O)cc4)c4ncnn34)ccc21. The third-order valence-electron chi connectivity index (χ3n) is 5.92. The highest BCUT2D eigenvalue weighted by Gasteiger charge is 2.21. The van der Waals surface area contributed by atoms with Crippen LogP contribution >= 0.6 is 0 Å². The van der Waals surface area contributed by atoms with Gasteiger partial charge in [-0.15, -0.1) is 0 Å². The first-order valence-electron chi connectivity index (χ1n) is 10.7. The number of hydrogen-bond donors (Lipinski definition) is 3. The number of nitrogens with zero attached hydrogens (tertiary/aromatic N) is 5. The molecule has 0 atom stereocenters. The van der Waals surface area contributed by atoms with Crippen LogP contribution < -0.4 is 20.9 Å². The van der Waals surface area contributed by atoms with Crippen LogP contribution in [0.15, 0.2) is 55.0 Å². The van der Waals surface area contributed by atoms with Crippen molar-refractivity contribution < 1.29 is 9.59 Å². The summed E-state index contributed by atoms with van der Waals surface area (Å²) in [5.41, 5.74) is 5.62. The third-order valence-corrected chi connectivity index (χ3v) is 5.92. The lowest BCUT2D eigenvalue weighted by molar-refractivity contribution is -0.118. The van der Waals surface area contributed by atoms with E-state index in [2.05, 4.69) is 31.0 Å². The molecule has 0 radical (unpaired) electrons. The van der Waals surface area contributed by atoms with Gasteiger partial charge in [0.05, 0.1) is 18.4 Å². The summed E-state index contributed by atoms with van der Waals surface area (Å²) < 4.78 is 1.73. The Morgan fingerprint density at radius 2 is 1.88 bits per heavy atom. The van der Waals surface area contributed by atoms with Crippen LogP contribution in [-0.2, 0) is 11.3 Å². The van der Waals surface area contributed by atoms with E-state index in [1.54, 1.807) is 15.6 Å². The molecule has 2 aliphatic rings. The highest BCUT2D eigenvalue weighted by molar-refractivity contribution is 5.99. The Labute approximate surface area is 188 Å². The van der Waals surface area contributed by atoms with Gasteiger partial charge < -0.3 is 20.9 Å². The number of aromatic nitrogens is 4. The van der Waals surface area contributed by atoms with Gasteiger partial charge in [0.1, 0.15) is 6.33 Å². The molecule has 33 heavy (non-hydrogen) atoms. The lowest BCUT2D eigenvalue weighted by Crippen LogP contribution is -2.48. The van der Waals surface area contributed by atoms with Crippen LogP contribution in [0.5, 0.6) is 0 Å². The zero-order valence-corrected chi connectivity index (χ0v) is 17.6. The number of rotatable bonds is 4. The van der Waals surface area contributed by atoms with E-state index in [1.165, 1.54) is 6.33 Å². The van der Waals surface area contributed by atoms with Gasteiger partial charge in [-0.05, 0) is 42.0 Å². The van der Waals surface area contributed by atoms with Gasteiger partial charge in [0, 0.05) is 42.1 Å². The van der Waals surface area contributed by atoms with Crippen molar-refractivity contribution in [1.29, 1.82) is 0 Å². The summed E-state index contributed by atoms with van der Waals surface area (Å²) in [5, 5.41) is 13.6. The minimum absolute atomic E-state index is 0.0486. The van der Waals surface area contributed by atoms with Crippen LogP contribution in [0.25, 0.3) is 16.9 Å². The number of hydrogen-bond acceptors (Lipinski definition) is 7. The smallest absolute Gasteiger partial charge is 0.251 e. The first-order valence-corrected chi connectivity index (χ1v) is 10.7. The van der Waals surface area contributed by atoms with Gasteiger partial charge >= 0.3 is 0 Å². The van der Waals surface area contributed by atoms with Crippen LogP contribution in [0.2, 0.25) is 0 Å². The maximum Gasteiger partial charge on any atom is 0.251 e. The molecule has 10 nitrogen and oxygen atoms in total. The van der Waals surface area contributed by atoms with E-state index in [1.807, 2.05) is 42.5 Å². The number of carbonyl (C=O) groups is 2. The molecule has 2 aromatic carbocycles. The van der Waals surface area contributed by atoms with Crippen molar-refractivity contribution in [3.8, 4) is 11.3 Å². The molecule has 3 N–H and O–H groups in total. The van der Waals surface area contributed by atoms with Crippen molar-refractivity contribution in [1.82, 2.24) is 30.2 Å². The van der Waals surface area contributed by atoms with Crippen LogP contribution in [0.4, 0.5) is 17.2 Å². The van der Waals surface area contributed by atoms with Gasteiger partial charge in [-0.1, -0.05) is 6.07 Å². The Bertz CT molecular complexity index is 1400. The molecule has 2 aromatic heterocycles. The number of piperazine rings is 1. The highest BCUT2D eigenvalue weighted by atomic mass is 16.2. The molecule has 10 heteroatoms. The van der Waals surface area contributed by atoms with Gasteiger partial charge in [0.15, 0.2) is 11.5 Å². The minimum atomic E-state index is -0.0486. The molecule has 4 aromatic rings. The summed E-state index contributed by atoms with van der Waals surface area (Å²) >= 11 is 0. The standard InChI is InChI=1S/C23H20N8O2/c32-20-12-24-7-8-30(20)17-4-2-16(3-5-17)29-21-22-27-13-28-31(22)19(11-25-21)14-1-6-18-15(9-14)10-26-23(18)33/h1-6,9,11,13,24H,7-8,10,12H2,(H,25,29)(H,26,33). The van der Waals surface area contributed by atoms with Crippen LogP contribution in [0.1, 0.15) is 15.9 Å². The van der Waals surface area contributed by atoms with E-state index in [-0.39, 0.29) is 11.8 Å². The van der Waals surface area contributed by atoms with Gasteiger partial charge in [0.2, 0.25) is 5.91 Å². The van der Waals surface area contributed by atoms with Crippen molar-refractivity contribution in [3.05, 3.63) is 66.1 Å². The zero-order chi connectivity index (χ0) is 22.4. The molecule has 2 amide bonds. The van der Waals surface area contributed by atoms with E-state index >= 15 is 0 Å². The van der Waals surface area contributed by atoms with Crippen LogP contribution in [0.3, 0.4) is 0 Å². The maximum absolute atomic E-state index is 12.1. The first kappa shape index (κ1) is 19.4. The van der Waals surface area contributed by atoms with Crippen molar-refractivity contribution >= 4 is 34.7 Å². The van der Waals surface area contributed by atoms with E-state index in [9.17, 15) is 9.59 Å². The number of amides is 2. The first-order chi connectivity index (χ1) is 16.2. The lowest BCUT2D eigenvalue weighted by Gasteiger charge is -2.27. The Hall–Kier alpha value is -4.31. The van der Waals surface area contributed by atoms with Crippen molar-refractivity contribution in [3.63, 3.8) is 0 Å². The molecule has 0 spiro atoms. The minimum Gasteiger partial charge on any atom is -0.348 e. The van der Waals surface area contributed by atoms with E-state index in [0.717, 1.165) is 34.7 Å². The van der Waals surface area contributed by atoms with Crippen LogP contribution in [0, 0.1) is 0 Å². The van der Waals surface area contributed by atoms with Gasteiger partial charge in [0.25, 0.3) is 5.91 Å². The van der Waals surface area contributed by atoms with Crippen molar-refractivity contribution in [2.24, 2.45) is 0 Å². The van der Waals surface area contributed by atoms with E-state index < -0.39 is 0 Å². The lowest BCUT2D eigenvalue weighted by atomic mass is 10.0. The molecule has 4 heterocycles. The quantitative estimate of drug-likeness (QED) is 0.442. The third kappa shape index (κ3) is 3.37. The second kappa shape index (κ2) is 7.68.